The molecule has 1 N–H and O–H groups in total. The first-order valence-electron chi connectivity index (χ1n) is 7.09. The van der Waals surface area contributed by atoms with Gasteiger partial charge in [0.05, 0.1) is 0 Å². The van der Waals surface area contributed by atoms with Crippen LogP contribution in [0, 0.1) is 5.82 Å². The molecule has 0 amide bonds. The van der Waals surface area contributed by atoms with Crippen molar-refractivity contribution in [3.8, 4) is 10.4 Å². The lowest BCUT2D eigenvalue weighted by Crippen LogP contribution is -2.38. The van der Waals surface area contributed by atoms with Gasteiger partial charge in [0.1, 0.15) is 5.82 Å². The molecule has 1 aromatic heterocycles. The molecular formula is C17H22FNS. The molecule has 0 aliphatic carbocycles. The van der Waals surface area contributed by atoms with Crippen LogP contribution in [0.1, 0.15) is 39.2 Å². The van der Waals surface area contributed by atoms with Gasteiger partial charge in [-0.3, -0.25) is 0 Å². The molecule has 2 rings (SSSR count). The minimum atomic E-state index is -0.149. The summed E-state index contributed by atoms with van der Waals surface area (Å²) in [5, 5.41) is 5.53. The first kappa shape index (κ1) is 15.2. The fourth-order valence-corrected chi connectivity index (χ4v) is 3.10. The molecule has 20 heavy (non-hydrogen) atoms. The van der Waals surface area contributed by atoms with Crippen molar-refractivity contribution in [3.63, 3.8) is 0 Å². The van der Waals surface area contributed by atoms with E-state index >= 15 is 0 Å². The van der Waals surface area contributed by atoms with E-state index in [2.05, 4.69) is 26.1 Å². The molecule has 0 saturated carbocycles. The Kier molecular flexibility index (Phi) is 4.95. The molecule has 0 fully saturated rings. The number of hydrogen-bond donors (Lipinski definition) is 1. The van der Waals surface area contributed by atoms with Crippen molar-refractivity contribution in [2.75, 3.05) is 0 Å². The van der Waals surface area contributed by atoms with E-state index in [0.717, 1.165) is 29.8 Å². The monoisotopic (exact) mass is 291 g/mol. The predicted octanol–water partition coefficient (Wildman–Crippen LogP) is 5.22. The highest BCUT2D eigenvalue weighted by atomic mass is 32.1. The largest absolute Gasteiger partial charge is 0.308 e. The molecule has 0 atom stereocenters. The summed E-state index contributed by atoms with van der Waals surface area (Å²) in [5.74, 6) is -0.149. The molecule has 0 unspecified atom stereocenters. The van der Waals surface area contributed by atoms with Gasteiger partial charge in [0, 0.05) is 22.5 Å². The summed E-state index contributed by atoms with van der Waals surface area (Å²) in [4.78, 5) is 0.983. The second-order valence-electron chi connectivity index (χ2n) is 5.78. The van der Waals surface area contributed by atoms with E-state index in [1.165, 1.54) is 0 Å². The molecule has 1 aromatic carbocycles. The highest BCUT2D eigenvalue weighted by Gasteiger charge is 2.15. The van der Waals surface area contributed by atoms with Crippen LogP contribution in [0.3, 0.4) is 0 Å². The van der Waals surface area contributed by atoms with Crippen LogP contribution in [0.15, 0.2) is 35.7 Å². The lowest BCUT2D eigenvalue weighted by Gasteiger charge is -2.26. The first-order chi connectivity index (χ1) is 9.52. The summed E-state index contributed by atoms with van der Waals surface area (Å²) in [5.41, 5.74) is 1.94. The first-order valence-corrected chi connectivity index (χ1v) is 7.97. The van der Waals surface area contributed by atoms with Crippen LogP contribution in [0.4, 0.5) is 4.39 Å². The zero-order valence-electron chi connectivity index (χ0n) is 12.4. The molecule has 0 spiro atoms. The minimum Gasteiger partial charge on any atom is -0.308 e. The smallest absolute Gasteiger partial charge is 0.131 e. The predicted molar refractivity (Wildman–Crippen MR) is 85.5 cm³/mol. The third-order valence-electron chi connectivity index (χ3n) is 3.46. The second kappa shape index (κ2) is 6.51. The molecule has 0 aliphatic rings. The average molecular weight is 291 g/mol. The zero-order chi connectivity index (χ0) is 14.6. The van der Waals surface area contributed by atoms with Crippen LogP contribution >= 0.6 is 11.3 Å². The van der Waals surface area contributed by atoms with Gasteiger partial charge in [-0.15, -0.1) is 11.3 Å². The van der Waals surface area contributed by atoms with Crippen molar-refractivity contribution in [2.45, 2.75) is 45.7 Å². The number of nitrogens with one attached hydrogen (secondary N) is 1. The third kappa shape index (κ3) is 3.90. The number of hydrogen-bond acceptors (Lipinski definition) is 2. The van der Waals surface area contributed by atoms with Crippen LogP contribution in [-0.4, -0.2) is 5.54 Å². The second-order valence-corrected chi connectivity index (χ2v) is 6.73. The van der Waals surface area contributed by atoms with Crippen molar-refractivity contribution >= 4 is 11.3 Å². The van der Waals surface area contributed by atoms with E-state index in [1.807, 2.05) is 29.6 Å². The van der Waals surface area contributed by atoms with Crippen molar-refractivity contribution in [3.05, 3.63) is 47.1 Å². The van der Waals surface area contributed by atoms with Gasteiger partial charge >= 0.3 is 0 Å². The average Bonchev–Trinajstić information content (AvgIpc) is 2.91. The normalized spacial score (nSPS) is 11.8. The maximum absolute atomic E-state index is 13.9. The van der Waals surface area contributed by atoms with E-state index in [-0.39, 0.29) is 11.4 Å². The molecule has 0 bridgehead atoms. The molecule has 3 heteroatoms. The summed E-state index contributed by atoms with van der Waals surface area (Å²) >= 11 is 1.57. The molecule has 1 nitrogen and oxygen atoms in total. The topological polar surface area (TPSA) is 12.0 Å². The van der Waals surface area contributed by atoms with Gasteiger partial charge in [0.25, 0.3) is 0 Å². The number of rotatable bonds is 6. The Balaban J connectivity index is 2.12. The molecular weight excluding hydrogens is 269 g/mol. The van der Waals surface area contributed by atoms with E-state index in [4.69, 9.17) is 0 Å². The summed E-state index contributed by atoms with van der Waals surface area (Å²) in [7, 11) is 0. The Morgan fingerprint density at radius 3 is 2.70 bits per heavy atom. The quantitative estimate of drug-likeness (QED) is 0.769. The molecule has 0 aliphatic heterocycles. The zero-order valence-corrected chi connectivity index (χ0v) is 13.2. The van der Waals surface area contributed by atoms with Crippen LogP contribution < -0.4 is 5.32 Å². The van der Waals surface area contributed by atoms with E-state index in [0.29, 0.717) is 5.56 Å². The Bertz CT molecular complexity index is 546. The minimum absolute atomic E-state index is 0.117. The van der Waals surface area contributed by atoms with Crippen LogP contribution in [0.5, 0.6) is 0 Å². The molecule has 0 radical (unpaired) electrons. The summed E-state index contributed by atoms with van der Waals surface area (Å²) in [6.07, 6.45) is 2.29. The molecule has 2 aromatic rings. The van der Waals surface area contributed by atoms with E-state index in [1.54, 1.807) is 17.4 Å². The van der Waals surface area contributed by atoms with Gasteiger partial charge in [-0.1, -0.05) is 25.5 Å². The number of halogens is 1. The maximum Gasteiger partial charge on any atom is 0.131 e. The maximum atomic E-state index is 13.9. The lowest BCUT2D eigenvalue weighted by molar-refractivity contribution is 0.357. The molecule has 0 saturated heterocycles. The summed E-state index contributed by atoms with van der Waals surface area (Å²) in [6.45, 7) is 7.38. The summed E-state index contributed by atoms with van der Waals surface area (Å²) in [6, 6.07) is 9.30. The van der Waals surface area contributed by atoms with Gasteiger partial charge in [-0.2, -0.15) is 0 Å². The van der Waals surface area contributed by atoms with Crippen molar-refractivity contribution < 1.29 is 4.39 Å². The van der Waals surface area contributed by atoms with Gasteiger partial charge < -0.3 is 5.32 Å². The SMILES string of the molecule is CCCC(C)(C)NCc1ccc(F)c(-c2cccs2)c1. The van der Waals surface area contributed by atoms with Crippen LogP contribution in [0.25, 0.3) is 10.4 Å². The standard InChI is InChI=1S/C17H22FNS/c1-4-9-17(2,3)19-12-13-7-8-15(18)14(11-13)16-6-5-10-20-16/h5-8,10-11,19H,4,9,12H2,1-3H3. The van der Waals surface area contributed by atoms with Crippen LogP contribution in [0.2, 0.25) is 0 Å². The van der Waals surface area contributed by atoms with Crippen molar-refractivity contribution in [1.82, 2.24) is 5.32 Å². The van der Waals surface area contributed by atoms with E-state index < -0.39 is 0 Å². The molecule has 108 valence electrons. The Hall–Kier alpha value is -1.19. The number of benzene rings is 1. The van der Waals surface area contributed by atoms with Gasteiger partial charge in [0.2, 0.25) is 0 Å². The lowest BCUT2D eigenvalue weighted by atomic mass is 9.98. The number of thiophene rings is 1. The third-order valence-corrected chi connectivity index (χ3v) is 4.37. The summed E-state index contributed by atoms with van der Waals surface area (Å²) < 4.78 is 13.9. The van der Waals surface area contributed by atoms with Gasteiger partial charge in [-0.25, -0.2) is 4.39 Å². The Morgan fingerprint density at radius 1 is 1.25 bits per heavy atom. The highest BCUT2D eigenvalue weighted by Crippen LogP contribution is 2.28. The van der Waals surface area contributed by atoms with Crippen LogP contribution in [-0.2, 0) is 6.54 Å². The molecule has 1 heterocycles. The fraction of sp³-hybridized carbons (Fsp3) is 0.412. The van der Waals surface area contributed by atoms with Crippen molar-refractivity contribution in [2.24, 2.45) is 0 Å². The Morgan fingerprint density at radius 2 is 2.05 bits per heavy atom. The van der Waals surface area contributed by atoms with E-state index in [9.17, 15) is 4.39 Å². The highest BCUT2D eigenvalue weighted by molar-refractivity contribution is 7.13. The Labute approximate surface area is 124 Å². The van der Waals surface area contributed by atoms with Gasteiger partial charge in [0.15, 0.2) is 0 Å². The fourth-order valence-electron chi connectivity index (χ4n) is 2.36. The van der Waals surface area contributed by atoms with Crippen molar-refractivity contribution in [1.29, 1.82) is 0 Å². The van der Waals surface area contributed by atoms with Gasteiger partial charge in [-0.05, 0) is 49.4 Å².